The number of amides is 1. The maximum atomic E-state index is 12.0. The first-order chi connectivity index (χ1) is 7.77. The largest absolute Gasteiger partial charge is 0.337 e. The van der Waals surface area contributed by atoms with Gasteiger partial charge in [-0.1, -0.05) is 0 Å². The number of carbonyl (C=O) groups excluding carboxylic acids is 1. The molecule has 0 saturated carbocycles. The van der Waals surface area contributed by atoms with Gasteiger partial charge in [0.2, 0.25) is 5.91 Å². The van der Waals surface area contributed by atoms with Gasteiger partial charge < -0.3 is 14.8 Å². The molecule has 1 aliphatic heterocycles. The highest BCUT2D eigenvalue weighted by atomic mass is 16.2. The van der Waals surface area contributed by atoms with E-state index in [1.807, 2.05) is 15.7 Å². The Hall–Kier alpha value is -1.36. The zero-order valence-electron chi connectivity index (χ0n) is 9.59. The van der Waals surface area contributed by atoms with Crippen LogP contribution in [-0.4, -0.2) is 46.0 Å². The monoisotopic (exact) mass is 222 g/mol. The number of carbonyl (C=O) groups is 1. The Balaban J connectivity index is 1.83. The number of aromatic nitrogens is 2. The average molecular weight is 222 g/mol. The molecule has 0 aromatic carbocycles. The fourth-order valence-electron chi connectivity index (χ4n) is 2.00. The second kappa shape index (κ2) is 5.12. The molecule has 0 unspecified atom stereocenters. The number of nitrogens with one attached hydrogen (secondary N) is 1. The quantitative estimate of drug-likeness (QED) is 0.788. The minimum Gasteiger partial charge on any atom is -0.337 e. The van der Waals surface area contributed by atoms with Crippen LogP contribution in [0.2, 0.25) is 0 Å². The van der Waals surface area contributed by atoms with Crippen LogP contribution in [0.5, 0.6) is 0 Å². The van der Waals surface area contributed by atoms with Crippen LogP contribution in [0.4, 0.5) is 0 Å². The van der Waals surface area contributed by atoms with E-state index in [1.54, 1.807) is 12.5 Å². The summed E-state index contributed by atoms with van der Waals surface area (Å²) in [7, 11) is 0. The number of imidazole rings is 1. The number of piperazine rings is 1. The highest BCUT2D eigenvalue weighted by Gasteiger charge is 2.22. The Morgan fingerprint density at radius 1 is 1.62 bits per heavy atom. The third-order valence-corrected chi connectivity index (χ3v) is 2.96. The lowest BCUT2D eigenvalue weighted by Crippen LogP contribution is -2.52. The van der Waals surface area contributed by atoms with Gasteiger partial charge in [-0.3, -0.25) is 4.79 Å². The second-order valence-corrected chi connectivity index (χ2v) is 4.19. The van der Waals surface area contributed by atoms with Gasteiger partial charge in [-0.05, 0) is 6.92 Å². The van der Waals surface area contributed by atoms with Crippen LogP contribution in [-0.2, 0) is 11.3 Å². The summed E-state index contributed by atoms with van der Waals surface area (Å²) in [4.78, 5) is 17.9. The summed E-state index contributed by atoms with van der Waals surface area (Å²) in [6.07, 6.45) is 5.92. The van der Waals surface area contributed by atoms with E-state index in [1.165, 1.54) is 0 Å². The van der Waals surface area contributed by atoms with E-state index in [0.717, 1.165) is 26.2 Å². The molecule has 0 aliphatic carbocycles. The molecule has 5 nitrogen and oxygen atoms in total. The van der Waals surface area contributed by atoms with Crippen LogP contribution in [0.15, 0.2) is 18.7 Å². The third kappa shape index (κ3) is 2.61. The molecule has 0 bridgehead atoms. The van der Waals surface area contributed by atoms with Crippen molar-refractivity contribution in [2.45, 2.75) is 25.9 Å². The second-order valence-electron chi connectivity index (χ2n) is 4.19. The minimum absolute atomic E-state index is 0.239. The lowest BCUT2D eigenvalue weighted by molar-refractivity contribution is -0.134. The third-order valence-electron chi connectivity index (χ3n) is 2.96. The fraction of sp³-hybridized carbons (Fsp3) is 0.636. The number of hydrogen-bond acceptors (Lipinski definition) is 3. The zero-order valence-corrected chi connectivity index (χ0v) is 9.59. The molecule has 1 fully saturated rings. The predicted molar refractivity (Wildman–Crippen MR) is 60.9 cm³/mol. The van der Waals surface area contributed by atoms with Crippen molar-refractivity contribution in [2.24, 2.45) is 0 Å². The van der Waals surface area contributed by atoms with Gasteiger partial charge in [0, 0.05) is 51.0 Å². The van der Waals surface area contributed by atoms with Crippen LogP contribution in [0, 0.1) is 0 Å². The first-order valence-electron chi connectivity index (χ1n) is 5.73. The highest BCUT2D eigenvalue weighted by Crippen LogP contribution is 2.05. The normalized spacial score (nSPS) is 21.1. The zero-order chi connectivity index (χ0) is 11.4. The standard InChI is InChI=1S/C11H18N4O/c1-10-8-12-4-7-15(10)11(16)2-5-14-6-3-13-9-14/h3,6,9-10,12H,2,4-5,7-8H2,1H3/t10-/m0/s1. The van der Waals surface area contributed by atoms with Gasteiger partial charge in [0.25, 0.3) is 0 Å². The number of hydrogen-bond donors (Lipinski definition) is 1. The smallest absolute Gasteiger partial charge is 0.224 e. The SMILES string of the molecule is C[C@H]1CNCCN1C(=O)CCn1ccnc1. The Morgan fingerprint density at radius 3 is 3.19 bits per heavy atom. The summed E-state index contributed by atoms with van der Waals surface area (Å²) < 4.78 is 1.94. The minimum atomic E-state index is 0.239. The van der Waals surface area contributed by atoms with Crippen molar-refractivity contribution in [3.63, 3.8) is 0 Å². The summed E-state index contributed by atoms with van der Waals surface area (Å²) in [6, 6.07) is 0.309. The molecule has 88 valence electrons. The Bertz CT molecular complexity index is 336. The van der Waals surface area contributed by atoms with Gasteiger partial charge in [0.15, 0.2) is 0 Å². The molecule has 5 heteroatoms. The van der Waals surface area contributed by atoms with E-state index in [2.05, 4.69) is 17.2 Å². The molecule has 1 saturated heterocycles. The Morgan fingerprint density at radius 2 is 2.50 bits per heavy atom. The van der Waals surface area contributed by atoms with Gasteiger partial charge in [-0.15, -0.1) is 0 Å². The van der Waals surface area contributed by atoms with Crippen molar-refractivity contribution in [1.29, 1.82) is 0 Å². The van der Waals surface area contributed by atoms with E-state index in [0.29, 0.717) is 12.5 Å². The number of rotatable bonds is 3. The average Bonchev–Trinajstić information content (AvgIpc) is 2.79. The molecule has 0 radical (unpaired) electrons. The molecule has 1 aromatic heterocycles. The topological polar surface area (TPSA) is 50.2 Å². The van der Waals surface area contributed by atoms with Crippen LogP contribution >= 0.6 is 0 Å². The molecule has 1 aromatic rings. The van der Waals surface area contributed by atoms with Crippen LogP contribution in [0.1, 0.15) is 13.3 Å². The molecule has 1 aliphatic rings. The van der Waals surface area contributed by atoms with Crippen LogP contribution in [0.3, 0.4) is 0 Å². The molecule has 1 amide bonds. The maximum absolute atomic E-state index is 12.0. The molecule has 16 heavy (non-hydrogen) atoms. The van der Waals surface area contributed by atoms with E-state index in [-0.39, 0.29) is 5.91 Å². The van der Waals surface area contributed by atoms with E-state index in [4.69, 9.17) is 0 Å². The lowest BCUT2D eigenvalue weighted by Gasteiger charge is -2.34. The highest BCUT2D eigenvalue weighted by molar-refractivity contribution is 5.76. The summed E-state index contributed by atoms with van der Waals surface area (Å²) in [5, 5.41) is 3.28. The van der Waals surface area contributed by atoms with Crippen molar-refractivity contribution in [2.75, 3.05) is 19.6 Å². The number of nitrogens with zero attached hydrogens (tertiary/aromatic N) is 3. The van der Waals surface area contributed by atoms with Gasteiger partial charge >= 0.3 is 0 Å². The van der Waals surface area contributed by atoms with E-state index in [9.17, 15) is 4.79 Å². The molecule has 2 rings (SSSR count). The van der Waals surface area contributed by atoms with E-state index >= 15 is 0 Å². The summed E-state index contributed by atoms with van der Waals surface area (Å²) in [5.74, 6) is 0.239. The van der Waals surface area contributed by atoms with Crippen LogP contribution < -0.4 is 5.32 Å². The first kappa shape index (κ1) is 11.1. The van der Waals surface area contributed by atoms with Crippen molar-refractivity contribution < 1.29 is 4.79 Å². The van der Waals surface area contributed by atoms with Crippen molar-refractivity contribution >= 4 is 5.91 Å². The van der Waals surface area contributed by atoms with Gasteiger partial charge in [0.05, 0.1) is 6.33 Å². The molecule has 0 spiro atoms. The van der Waals surface area contributed by atoms with E-state index < -0.39 is 0 Å². The summed E-state index contributed by atoms with van der Waals surface area (Å²) >= 11 is 0. The lowest BCUT2D eigenvalue weighted by atomic mass is 10.2. The van der Waals surface area contributed by atoms with Gasteiger partial charge in [-0.2, -0.15) is 0 Å². The molecular formula is C11H18N4O. The van der Waals surface area contributed by atoms with Crippen molar-refractivity contribution in [3.8, 4) is 0 Å². The maximum Gasteiger partial charge on any atom is 0.224 e. The Kier molecular flexibility index (Phi) is 3.56. The number of aryl methyl sites for hydroxylation is 1. The van der Waals surface area contributed by atoms with Crippen molar-refractivity contribution in [3.05, 3.63) is 18.7 Å². The molecular weight excluding hydrogens is 204 g/mol. The summed E-state index contributed by atoms with van der Waals surface area (Å²) in [5.41, 5.74) is 0. The predicted octanol–water partition coefficient (Wildman–Crippen LogP) is 0.0935. The molecule has 1 atom stereocenters. The fourth-order valence-corrected chi connectivity index (χ4v) is 2.00. The van der Waals surface area contributed by atoms with Crippen LogP contribution in [0.25, 0.3) is 0 Å². The van der Waals surface area contributed by atoms with Gasteiger partial charge in [-0.25, -0.2) is 4.98 Å². The summed E-state index contributed by atoms with van der Waals surface area (Å²) in [6.45, 7) is 5.43. The Labute approximate surface area is 95.5 Å². The molecule has 2 heterocycles. The molecule has 1 N–H and O–H groups in total. The van der Waals surface area contributed by atoms with Crippen molar-refractivity contribution in [1.82, 2.24) is 19.8 Å². The first-order valence-corrected chi connectivity index (χ1v) is 5.73. The van der Waals surface area contributed by atoms with Gasteiger partial charge in [0.1, 0.15) is 0 Å².